The molecule has 0 amide bonds. The summed E-state index contributed by atoms with van der Waals surface area (Å²) in [4.78, 5) is 16.5. The number of ether oxygens (including phenoxy) is 1. The van der Waals surface area contributed by atoms with E-state index in [1.54, 1.807) is 19.2 Å². The van der Waals surface area contributed by atoms with Crippen LogP contribution in [0.15, 0.2) is 54.7 Å². The first kappa shape index (κ1) is 13.4. The van der Waals surface area contributed by atoms with Crippen LogP contribution >= 0.6 is 0 Å². The molecule has 0 saturated heterocycles. The summed E-state index contributed by atoms with van der Waals surface area (Å²) in [5, 5.41) is 0. The average molecular weight is 280 g/mol. The third kappa shape index (κ3) is 2.65. The minimum absolute atomic E-state index is 0.313. The average Bonchev–Trinajstić information content (AvgIpc) is 2.88. The summed E-state index contributed by atoms with van der Waals surface area (Å²) in [7, 11) is 0. The highest BCUT2D eigenvalue weighted by Gasteiger charge is 2.17. The highest BCUT2D eigenvalue weighted by molar-refractivity contribution is 5.94. The normalized spacial score (nSPS) is 10.7. The van der Waals surface area contributed by atoms with E-state index in [0.717, 1.165) is 16.6 Å². The van der Waals surface area contributed by atoms with Crippen LogP contribution in [-0.4, -0.2) is 22.1 Å². The second kappa shape index (κ2) is 5.79. The van der Waals surface area contributed by atoms with Gasteiger partial charge in [0.25, 0.3) is 0 Å². The fourth-order valence-corrected chi connectivity index (χ4v) is 2.40. The molecule has 0 atom stereocenters. The number of carbonyl (C=O) groups is 1. The number of hydrogen-bond donors (Lipinski definition) is 0. The molecule has 0 bridgehead atoms. The third-order valence-electron chi connectivity index (χ3n) is 3.34. The van der Waals surface area contributed by atoms with Crippen molar-refractivity contribution in [2.75, 3.05) is 6.61 Å². The van der Waals surface area contributed by atoms with Crippen molar-refractivity contribution in [2.45, 2.75) is 13.5 Å². The van der Waals surface area contributed by atoms with Crippen molar-refractivity contribution in [3.8, 4) is 0 Å². The summed E-state index contributed by atoms with van der Waals surface area (Å²) in [5.74, 6) is -0.313. The smallest absolute Gasteiger partial charge is 0.355 e. The number of hydrogen-bond acceptors (Lipinski definition) is 3. The van der Waals surface area contributed by atoms with Gasteiger partial charge in [-0.15, -0.1) is 0 Å². The number of carbonyl (C=O) groups excluding carboxylic acids is 1. The van der Waals surface area contributed by atoms with Crippen LogP contribution in [0.25, 0.3) is 11.0 Å². The van der Waals surface area contributed by atoms with Crippen LogP contribution in [0.4, 0.5) is 0 Å². The summed E-state index contributed by atoms with van der Waals surface area (Å²) in [6, 6.07) is 15.7. The molecule has 0 radical (unpaired) electrons. The van der Waals surface area contributed by atoms with Crippen LogP contribution < -0.4 is 0 Å². The van der Waals surface area contributed by atoms with Gasteiger partial charge in [-0.25, -0.2) is 4.79 Å². The van der Waals surface area contributed by atoms with Crippen LogP contribution in [0.5, 0.6) is 0 Å². The first-order valence-corrected chi connectivity index (χ1v) is 6.95. The Labute approximate surface area is 123 Å². The van der Waals surface area contributed by atoms with Gasteiger partial charge < -0.3 is 9.30 Å². The minimum atomic E-state index is -0.313. The molecule has 0 aliphatic carbocycles. The number of fused-ring (bicyclic) bond motifs is 1. The first-order valence-electron chi connectivity index (χ1n) is 6.95. The highest BCUT2D eigenvalue weighted by Crippen LogP contribution is 2.20. The summed E-state index contributed by atoms with van der Waals surface area (Å²) >= 11 is 0. The number of nitrogens with zero attached hydrogens (tertiary/aromatic N) is 2. The minimum Gasteiger partial charge on any atom is -0.461 e. The quantitative estimate of drug-likeness (QED) is 0.689. The Morgan fingerprint density at radius 1 is 1.19 bits per heavy atom. The van der Waals surface area contributed by atoms with Gasteiger partial charge in [-0.1, -0.05) is 30.3 Å². The molecule has 1 aromatic carbocycles. The summed E-state index contributed by atoms with van der Waals surface area (Å²) in [5.41, 5.74) is 3.40. The van der Waals surface area contributed by atoms with Gasteiger partial charge in [-0.3, -0.25) is 4.98 Å². The summed E-state index contributed by atoms with van der Waals surface area (Å²) in [6.45, 7) is 2.78. The molecule has 0 spiro atoms. The zero-order valence-corrected chi connectivity index (χ0v) is 11.8. The van der Waals surface area contributed by atoms with Crippen LogP contribution in [0.1, 0.15) is 23.0 Å². The van der Waals surface area contributed by atoms with Gasteiger partial charge in [-0.2, -0.15) is 0 Å². The molecular formula is C17H16N2O2. The maximum atomic E-state index is 12.2. The van der Waals surface area contributed by atoms with Crippen molar-refractivity contribution in [1.29, 1.82) is 0 Å². The van der Waals surface area contributed by atoms with Crippen molar-refractivity contribution >= 4 is 17.0 Å². The second-order valence-corrected chi connectivity index (χ2v) is 4.73. The molecule has 0 saturated carbocycles. The fourth-order valence-electron chi connectivity index (χ4n) is 2.40. The monoisotopic (exact) mass is 280 g/mol. The SMILES string of the molecule is CCOC(=O)c1cc2ncccc2n1Cc1ccccc1. The molecule has 3 rings (SSSR count). The maximum absolute atomic E-state index is 12.2. The zero-order chi connectivity index (χ0) is 14.7. The number of esters is 1. The third-order valence-corrected chi connectivity index (χ3v) is 3.34. The molecule has 2 aromatic heterocycles. The molecule has 2 heterocycles. The topological polar surface area (TPSA) is 44.1 Å². The fraction of sp³-hybridized carbons (Fsp3) is 0.176. The lowest BCUT2D eigenvalue weighted by Gasteiger charge is -2.10. The molecule has 0 unspecified atom stereocenters. The van der Waals surface area contributed by atoms with Crippen molar-refractivity contribution in [3.63, 3.8) is 0 Å². The number of pyridine rings is 1. The van der Waals surface area contributed by atoms with E-state index in [1.807, 2.05) is 47.0 Å². The second-order valence-electron chi connectivity index (χ2n) is 4.73. The number of rotatable bonds is 4. The van der Waals surface area contributed by atoms with Crippen LogP contribution in [-0.2, 0) is 11.3 Å². The van der Waals surface area contributed by atoms with Gasteiger partial charge >= 0.3 is 5.97 Å². The number of benzene rings is 1. The molecule has 0 fully saturated rings. The van der Waals surface area contributed by atoms with E-state index < -0.39 is 0 Å². The predicted octanol–water partition coefficient (Wildman–Crippen LogP) is 3.26. The molecule has 106 valence electrons. The van der Waals surface area contributed by atoms with E-state index in [4.69, 9.17) is 4.74 Å². The van der Waals surface area contributed by atoms with E-state index in [2.05, 4.69) is 4.98 Å². The molecule has 0 aliphatic rings. The molecule has 0 N–H and O–H groups in total. The first-order chi connectivity index (χ1) is 10.3. The lowest BCUT2D eigenvalue weighted by atomic mass is 10.2. The van der Waals surface area contributed by atoms with Gasteiger partial charge in [0.05, 0.1) is 17.6 Å². The lowest BCUT2D eigenvalue weighted by Crippen LogP contribution is -2.12. The van der Waals surface area contributed by atoms with Crippen LogP contribution in [0.2, 0.25) is 0 Å². The van der Waals surface area contributed by atoms with Gasteiger partial charge in [0, 0.05) is 12.7 Å². The Hall–Kier alpha value is -2.62. The Balaban J connectivity index is 2.09. The Bertz CT molecular complexity index is 763. The van der Waals surface area contributed by atoms with E-state index in [0.29, 0.717) is 18.8 Å². The van der Waals surface area contributed by atoms with E-state index in [9.17, 15) is 4.79 Å². The molecule has 3 aromatic rings. The van der Waals surface area contributed by atoms with E-state index in [1.165, 1.54) is 0 Å². The molecule has 21 heavy (non-hydrogen) atoms. The Morgan fingerprint density at radius 3 is 2.76 bits per heavy atom. The zero-order valence-electron chi connectivity index (χ0n) is 11.8. The highest BCUT2D eigenvalue weighted by atomic mass is 16.5. The van der Waals surface area contributed by atoms with Gasteiger partial charge in [0.2, 0.25) is 0 Å². The standard InChI is InChI=1S/C17H16N2O2/c1-2-21-17(20)16-11-14-15(9-6-10-18-14)19(16)12-13-7-4-3-5-8-13/h3-11H,2,12H2,1H3. The predicted molar refractivity (Wildman–Crippen MR) is 81.2 cm³/mol. The van der Waals surface area contributed by atoms with Crippen molar-refractivity contribution < 1.29 is 9.53 Å². The summed E-state index contributed by atoms with van der Waals surface area (Å²) in [6.07, 6.45) is 1.73. The van der Waals surface area contributed by atoms with Crippen molar-refractivity contribution in [1.82, 2.24) is 9.55 Å². The Kier molecular flexibility index (Phi) is 3.69. The molecule has 0 aliphatic heterocycles. The van der Waals surface area contributed by atoms with Gasteiger partial charge in [-0.05, 0) is 30.7 Å². The van der Waals surface area contributed by atoms with Gasteiger partial charge in [0.1, 0.15) is 5.69 Å². The maximum Gasteiger partial charge on any atom is 0.355 e. The largest absolute Gasteiger partial charge is 0.461 e. The molecule has 4 nitrogen and oxygen atoms in total. The number of aromatic nitrogens is 2. The Morgan fingerprint density at radius 2 is 2.00 bits per heavy atom. The van der Waals surface area contributed by atoms with Gasteiger partial charge in [0.15, 0.2) is 0 Å². The van der Waals surface area contributed by atoms with Crippen molar-refractivity contribution in [3.05, 3.63) is 66.0 Å². The lowest BCUT2D eigenvalue weighted by molar-refractivity contribution is 0.0515. The van der Waals surface area contributed by atoms with E-state index >= 15 is 0 Å². The van der Waals surface area contributed by atoms with Crippen LogP contribution in [0.3, 0.4) is 0 Å². The van der Waals surface area contributed by atoms with E-state index in [-0.39, 0.29) is 5.97 Å². The molecular weight excluding hydrogens is 264 g/mol. The van der Waals surface area contributed by atoms with Crippen LogP contribution in [0, 0.1) is 0 Å². The summed E-state index contributed by atoms with van der Waals surface area (Å²) < 4.78 is 7.10. The van der Waals surface area contributed by atoms with Crippen molar-refractivity contribution in [2.24, 2.45) is 0 Å². The molecule has 4 heteroatoms.